The number of hydrogen-bond acceptors (Lipinski definition) is 5. The highest BCUT2D eigenvalue weighted by Crippen LogP contribution is 2.33. The Labute approximate surface area is 164 Å². The summed E-state index contributed by atoms with van der Waals surface area (Å²) >= 11 is 0. The van der Waals surface area contributed by atoms with Crippen LogP contribution in [0.25, 0.3) is 0 Å². The molecule has 0 heterocycles. The van der Waals surface area contributed by atoms with Gasteiger partial charge in [0.05, 0.1) is 6.10 Å². The predicted molar refractivity (Wildman–Crippen MR) is 107 cm³/mol. The van der Waals surface area contributed by atoms with Crippen LogP contribution in [0.5, 0.6) is 0 Å². The van der Waals surface area contributed by atoms with Gasteiger partial charge in [0, 0.05) is 6.92 Å². The number of rotatable bonds is 15. The van der Waals surface area contributed by atoms with Crippen LogP contribution in [0.15, 0.2) is 12.2 Å². The van der Waals surface area contributed by atoms with Crippen LogP contribution in [0.4, 0.5) is 0 Å². The van der Waals surface area contributed by atoms with Gasteiger partial charge in [0.2, 0.25) is 0 Å². The molecule has 0 aromatic rings. The molecule has 158 valence electrons. The van der Waals surface area contributed by atoms with E-state index < -0.39 is 29.9 Å². The van der Waals surface area contributed by atoms with E-state index in [1.165, 1.54) is 76.9 Å². The molecular formula is C22H40O5. The van der Waals surface area contributed by atoms with Crippen molar-refractivity contribution in [1.82, 2.24) is 0 Å². The molecule has 0 fully saturated rings. The summed E-state index contributed by atoms with van der Waals surface area (Å²) in [6, 6.07) is 0. The molecule has 3 N–H and O–H groups in total. The van der Waals surface area contributed by atoms with Gasteiger partial charge in [-0.25, -0.2) is 0 Å². The molecule has 0 aromatic carbocycles. The Morgan fingerprint density at radius 2 is 1.44 bits per heavy atom. The van der Waals surface area contributed by atoms with E-state index >= 15 is 0 Å². The van der Waals surface area contributed by atoms with Crippen molar-refractivity contribution in [2.24, 2.45) is 0 Å². The first-order valence-corrected chi connectivity index (χ1v) is 10.9. The van der Waals surface area contributed by atoms with Crippen LogP contribution in [-0.2, 0) is 9.53 Å². The van der Waals surface area contributed by atoms with Crippen LogP contribution in [0, 0.1) is 0 Å². The Morgan fingerprint density at radius 3 is 1.93 bits per heavy atom. The summed E-state index contributed by atoms with van der Waals surface area (Å²) in [7, 11) is 0. The zero-order valence-corrected chi connectivity index (χ0v) is 17.2. The van der Waals surface area contributed by atoms with Gasteiger partial charge in [-0.3, -0.25) is 4.79 Å². The van der Waals surface area contributed by atoms with E-state index in [2.05, 4.69) is 6.92 Å². The third kappa shape index (κ3) is 8.32. The van der Waals surface area contributed by atoms with Crippen molar-refractivity contribution < 1.29 is 24.9 Å². The number of carbonyl (C=O) groups excluding carboxylic acids is 1. The molecule has 0 spiro atoms. The number of unbranched alkanes of at least 4 members (excludes halogenated alkanes) is 11. The largest absolute Gasteiger partial charge is 0.455 e. The van der Waals surface area contributed by atoms with Gasteiger partial charge < -0.3 is 20.1 Å². The van der Waals surface area contributed by atoms with E-state index in [0.29, 0.717) is 6.42 Å². The molecule has 4 atom stereocenters. The average Bonchev–Trinajstić information content (AvgIpc) is 2.91. The van der Waals surface area contributed by atoms with Gasteiger partial charge in [-0.1, -0.05) is 90.0 Å². The van der Waals surface area contributed by atoms with Gasteiger partial charge in [0.1, 0.15) is 6.10 Å². The summed E-state index contributed by atoms with van der Waals surface area (Å²) in [5.74, 6) is -0.547. The Bertz CT molecular complexity index is 436. The third-order valence-corrected chi connectivity index (χ3v) is 5.56. The summed E-state index contributed by atoms with van der Waals surface area (Å²) in [5.41, 5.74) is -1.84. The smallest absolute Gasteiger partial charge is 0.303 e. The Morgan fingerprint density at radius 1 is 0.963 bits per heavy atom. The van der Waals surface area contributed by atoms with E-state index in [9.17, 15) is 20.1 Å². The number of esters is 1. The van der Waals surface area contributed by atoms with E-state index in [1.807, 2.05) is 0 Å². The number of ether oxygens (including phenoxy) is 1. The minimum Gasteiger partial charge on any atom is -0.455 e. The fraction of sp³-hybridized carbons (Fsp3) is 0.864. The van der Waals surface area contributed by atoms with Gasteiger partial charge in [0.15, 0.2) is 11.7 Å². The summed E-state index contributed by atoms with van der Waals surface area (Å²) < 4.78 is 5.04. The van der Waals surface area contributed by atoms with Crippen molar-refractivity contribution in [3.05, 3.63) is 12.2 Å². The number of carbonyl (C=O) groups is 1. The van der Waals surface area contributed by atoms with E-state index in [4.69, 9.17) is 4.74 Å². The molecule has 0 radical (unpaired) electrons. The summed E-state index contributed by atoms with van der Waals surface area (Å²) in [4.78, 5) is 11.2. The molecule has 0 bridgehead atoms. The second-order valence-electron chi connectivity index (χ2n) is 7.94. The average molecular weight is 385 g/mol. The summed E-state index contributed by atoms with van der Waals surface area (Å²) in [6.45, 7) is 3.49. The Balaban J connectivity index is 2.11. The predicted octanol–water partition coefficient (Wildman–Crippen LogP) is 4.03. The van der Waals surface area contributed by atoms with Crippen molar-refractivity contribution in [3.63, 3.8) is 0 Å². The highest BCUT2D eigenvalue weighted by atomic mass is 16.6. The van der Waals surface area contributed by atoms with E-state index in [1.54, 1.807) is 0 Å². The van der Waals surface area contributed by atoms with Crippen molar-refractivity contribution in [3.8, 4) is 0 Å². The van der Waals surface area contributed by atoms with Crippen molar-refractivity contribution >= 4 is 5.97 Å². The molecule has 1 rings (SSSR count). The molecular weight excluding hydrogens is 344 g/mol. The Hall–Kier alpha value is -0.910. The Kier molecular flexibility index (Phi) is 11.9. The first kappa shape index (κ1) is 24.1. The second-order valence-corrected chi connectivity index (χ2v) is 7.94. The molecule has 0 amide bonds. The zero-order chi connectivity index (χ0) is 20.1. The zero-order valence-electron chi connectivity index (χ0n) is 17.2. The lowest BCUT2D eigenvalue weighted by Crippen LogP contribution is -2.57. The molecule has 0 aliphatic heterocycles. The maximum atomic E-state index is 11.2. The quantitative estimate of drug-likeness (QED) is 0.225. The van der Waals surface area contributed by atoms with Crippen molar-refractivity contribution in [1.29, 1.82) is 0 Å². The molecule has 2 unspecified atom stereocenters. The fourth-order valence-electron chi connectivity index (χ4n) is 3.79. The van der Waals surface area contributed by atoms with Gasteiger partial charge in [-0.2, -0.15) is 0 Å². The van der Waals surface area contributed by atoms with Gasteiger partial charge in [-0.15, -0.1) is 0 Å². The molecule has 27 heavy (non-hydrogen) atoms. The van der Waals surface area contributed by atoms with E-state index in [-0.39, 0.29) is 0 Å². The monoisotopic (exact) mass is 384 g/mol. The second kappa shape index (κ2) is 13.3. The van der Waals surface area contributed by atoms with Crippen LogP contribution in [0.3, 0.4) is 0 Å². The number of hydrogen-bond donors (Lipinski definition) is 3. The van der Waals surface area contributed by atoms with Gasteiger partial charge in [0.25, 0.3) is 0 Å². The lowest BCUT2D eigenvalue weighted by atomic mass is 9.86. The van der Waals surface area contributed by atoms with Crippen molar-refractivity contribution in [2.45, 2.75) is 121 Å². The minimum absolute atomic E-state index is 0.379. The first-order chi connectivity index (χ1) is 12.9. The normalized spacial score (nSPS) is 25.7. The van der Waals surface area contributed by atoms with Crippen LogP contribution >= 0.6 is 0 Å². The van der Waals surface area contributed by atoms with Crippen LogP contribution in [0.1, 0.15) is 97.3 Å². The summed E-state index contributed by atoms with van der Waals surface area (Å²) in [6.07, 6.45) is 14.6. The summed E-state index contributed by atoms with van der Waals surface area (Å²) in [5, 5.41) is 31.1. The fourth-order valence-corrected chi connectivity index (χ4v) is 3.79. The van der Waals surface area contributed by atoms with Crippen molar-refractivity contribution in [2.75, 3.05) is 0 Å². The highest BCUT2D eigenvalue weighted by Gasteiger charge is 2.52. The molecule has 0 saturated carbocycles. The topological polar surface area (TPSA) is 87.0 Å². The highest BCUT2D eigenvalue weighted by molar-refractivity contribution is 5.66. The maximum Gasteiger partial charge on any atom is 0.303 e. The molecule has 0 aromatic heterocycles. The maximum absolute atomic E-state index is 11.2. The van der Waals surface area contributed by atoms with Gasteiger partial charge >= 0.3 is 5.97 Å². The lowest BCUT2D eigenvalue weighted by Gasteiger charge is -2.36. The lowest BCUT2D eigenvalue weighted by molar-refractivity contribution is -0.189. The number of aliphatic hydroxyl groups is 3. The SMILES string of the molecule is CCCCCCCCCCCCCCC(O)[C@@]1(O)C(O)C=C[C@@H]1OC(C)=O. The molecule has 5 nitrogen and oxygen atoms in total. The van der Waals surface area contributed by atoms with E-state index in [0.717, 1.165) is 19.3 Å². The molecule has 1 aliphatic carbocycles. The molecule has 0 saturated heterocycles. The molecule has 5 heteroatoms. The van der Waals surface area contributed by atoms with Crippen LogP contribution < -0.4 is 0 Å². The number of aliphatic hydroxyl groups excluding tert-OH is 2. The van der Waals surface area contributed by atoms with Gasteiger partial charge in [-0.05, 0) is 12.5 Å². The third-order valence-electron chi connectivity index (χ3n) is 5.56. The van der Waals surface area contributed by atoms with Crippen LogP contribution in [0.2, 0.25) is 0 Å². The first-order valence-electron chi connectivity index (χ1n) is 10.9. The minimum atomic E-state index is -1.84. The van der Waals surface area contributed by atoms with Crippen LogP contribution in [-0.4, -0.2) is 45.2 Å². The molecule has 1 aliphatic rings. The standard InChI is InChI=1S/C22H40O5/c1-3-4-5-6-7-8-9-10-11-12-13-14-15-19(24)22(26)20(25)16-17-21(22)27-18(2)23/h16-17,19-21,24-26H,3-15H2,1-2H3/t19?,20?,21-,22+/m0/s1.